The molecule has 0 saturated heterocycles. The van der Waals surface area contributed by atoms with E-state index in [0.29, 0.717) is 10.0 Å². The van der Waals surface area contributed by atoms with Gasteiger partial charge in [0.25, 0.3) is 0 Å². The molecule has 21 heavy (non-hydrogen) atoms. The van der Waals surface area contributed by atoms with Crippen molar-refractivity contribution in [3.8, 4) is 0 Å². The zero-order valence-corrected chi connectivity index (χ0v) is 14.1. The normalized spacial score (nSPS) is 13.1. The van der Waals surface area contributed by atoms with E-state index in [0.717, 1.165) is 5.56 Å². The maximum absolute atomic E-state index is 5.77. The van der Waals surface area contributed by atoms with Crippen molar-refractivity contribution in [3.05, 3.63) is 69.2 Å². The van der Waals surface area contributed by atoms with Crippen LogP contribution in [0, 0.1) is 6.92 Å². The highest BCUT2D eigenvalue weighted by atomic mass is 35.5. The van der Waals surface area contributed by atoms with E-state index < -0.39 is 0 Å². The molecule has 0 saturated carbocycles. The minimum absolute atomic E-state index is 0.00441. The molecule has 0 heterocycles. The summed E-state index contributed by atoms with van der Waals surface area (Å²) < 4.78 is 0. The molecular weight excluding hydrogens is 303 g/mol. The first-order valence-electron chi connectivity index (χ1n) is 6.84. The van der Waals surface area contributed by atoms with Crippen LogP contribution in [0.25, 0.3) is 0 Å². The molecule has 0 aliphatic heterocycles. The Morgan fingerprint density at radius 2 is 1.38 bits per heavy atom. The molecule has 0 aliphatic carbocycles. The Hall–Kier alpha value is -1.06. The van der Waals surface area contributed by atoms with Crippen LogP contribution in [0.15, 0.2) is 42.5 Å². The van der Waals surface area contributed by atoms with Gasteiger partial charge >= 0.3 is 0 Å². The van der Waals surface area contributed by atoms with Crippen molar-refractivity contribution in [3.63, 3.8) is 0 Å². The molecule has 4 heteroatoms. The van der Waals surface area contributed by atoms with Gasteiger partial charge in [-0.25, -0.2) is 0 Å². The van der Waals surface area contributed by atoms with Crippen LogP contribution in [0.2, 0.25) is 10.0 Å². The van der Waals surface area contributed by atoms with Gasteiger partial charge in [0.05, 0.1) is 10.0 Å². The number of hydrogen-bond acceptors (Lipinski definition) is 2. The lowest BCUT2D eigenvalue weighted by Crippen LogP contribution is -2.04. The average molecular weight is 325 g/mol. The lowest BCUT2D eigenvalue weighted by atomic mass is 10.1. The highest BCUT2D eigenvalue weighted by molar-refractivity contribution is 6.42. The van der Waals surface area contributed by atoms with Crippen LogP contribution in [0.3, 0.4) is 0 Å². The molecule has 0 amide bonds. The summed E-state index contributed by atoms with van der Waals surface area (Å²) in [6, 6.07) is 13.8. The van der Waals surface area contributed by atoms with Gasteiger partial charge in [0, 0.05) is 12.1 Å². The van der Waals surface area contributed by atoms with Crippen molar-refractivity contribution in [1.29, 1.82) is 0 Å². The van der Waals surface area contributed by atoms with Crippen LogP contribution in [0.4, 0.5) is 0 Å². The summed E-state index contributed by atoms with van der Waals surface area (Å²) in [6.45, 7) is 5.97. The van der Waals surface area contributed by atoms with Crippen LogP contribution in [-0.2, 0) is 0 Å². The molecule has 114 valence electrons. The minimum Gasteiger partial charge on any atom is -0.324 e. The number of benzene rings is 2. The van der Waals surface area contributed by atoms with Crippen molar-refractivity contribution in [2.24, 2.45) is 11.5 Å². The van der Waals surface area contributed by atoms with Gasteiger partial charge in [0.1, 0.15) is 0 Å². The Bertz CT molecular complexity index is 581. The zero-order valence-electron chi connectivity index (χ0n) is 12.6. The molecule has 2 nitrogen and oxygen atoms in total. The number of halogens is 2. The Kier molecular flexibility index (Phi) is 7.20. The topological polar surface area (TPSA) is 52.0 Å². The molecular formula is C17H22Cl2N2. The Morgan fingerprint density at radius 1 is 0.810 bits per heavy atom. The summed E-state index contributed by atoms with van der Waals surface area (Å²) >= 11 is 11.5. The second kappa shape index (κ2) is 8.40. The van der Waals surface area contributed by atoms with Crippen LogP contribution in [-0.4, -0.2) is 0 Å². The third kappa shape index (κ3) is 6.06. The minimum atomic E-state index is 0.00441. The van der Waals surface area contributed by atoms with Gasteiger partial charge in [-0.1, -0.05) is 59.1 Å². The monoisotopic (exact) mass is 324 g/mol. The van der Waals surface area contributed by atoms with Crippen molar-refractivity contribution >= 4 is 23.2 Å². The predicted molar refractivity (Wildman–Crippen MR) is 92.8 cm³/mol. The maximum atomic E-state index is 5.77. The molecule has 0 radical (unpaired) electrons. The zero-order chi connectivity index (χ0) is 16.0. The quantitative estimate of drug-likeness (QED) is 0.814. The smallest absolute Gasteiger partial charge is 0.0595 e. The molecule has 4 N–H and O–H groups in total. The van der Waals surface area contributed by atoms with E-state index in [1.54, 1.807) is 12.1 Å². The second-order valence-electron chi connectivity index (χ2n) is 5.17. The molecule has 0 bridgehead atoms. The van der Waals surface area contributed by atoms with E-state index in [4.69, 9.17) is 34.7 Å². The van der Waals surface area contributed by atoms with Crippen molar-refractivity contribution in [2.75, 3.05) is 0 Å². The molecule has 0 aliphatic rings. The highest BCUT2D eigenvalue weighted by Crippen LogP contribution is 2.24. The van der Waals surface area contributed by atoms with Gasteiger partial charge in [0.15, 0.2) is 0 Å². The predicted octanol–water partition coefficient (Wildman–Crippen LogP) is 5.03. The van der Waals surface area contributed by atoms with Crippen molar-refractivity contribution in [1.82, 2.24) is 0 Å². The van der Waals surface area contributed by atoms with Gasteiger partial charge in [-0.2, -0.15) is 0 Å². The van der Waals surface area contributed by atoms with Crippen LogP contribution in [0.1, 0.15) is 42.6 Å². The van der Waals surface area contributed by atoms with Gasteiger partial charge in [-0.05, 0) is 44.0 Å². The molecule has 2 aromatic rings. The average Bonchev–Trinajstić information content (AvgIpc) is 2.42. The third-order valence-corrected chi connectivity index (χ3v) is 3.78. The lowest BCUT2D eigenvalue weighted by molar-refractivity contribution is 0.817. The molecule has 0 aromatic heterocycles. The molecule has 2 rings (SSSR count). The summed E-state index contributed by atoms with van der Waals surface area (Å²) in [5, 5.41) is 1.12. The molecule has 2 atom stereocenters. The molecule has 2 unspecified atom stereocenters. The summed E-state index contributed by atoms with van der Waals surface area (Å²) in [7, 11) is 0. The summed E-state index contributed by atoms with van der Waals surface area (Å²) in [5.74, 6) is 0. The van der Waals surface area contributed by atoms with E-state index in [2.05, 4.69) is 25.1 Å². The fourth-order valence-electron chi connectivity index (χ4n) is 1.75. The van der Waals surface area contributed by atoms with E-state index in [1.807, 2.05) is 26.0 Å². The number of aryl methyl sites for hydroxylation is 1. The van der Waals surface area contributed by atoms with Gasteiger partial charge in [0.2, 0.25) is 0 Å². The number of hydrogen-bond donors (Lipinski definition) is 2. The van der Waals surface area contributed by atoms with E-state index >= 15 is 0 Å². The van der Waals surface area contributed by atoms with Crippen LogP contribution >= 0.6 is 23.2 Å². The van der Waals surface area contributed by atoms with Crippen LogP contribution in [0.5, 0.6) is 0 Å². The molecule has 2 aromatic carbocycles. The standard InChI is InChI=1S/C9H13N.C8H9Cl2N/c1-7-4-3-5-9(6-7)8(2)10;1-5(11)6-2-3-7(9)8(10)4-6/h3-6,8H,10H2,1-2H3;2-5H,11H2,1H3. The first-order chi connectivity index (χ1) is 9.81. The SMILES string of the molecule is CC(N)c1ccc(Cl)c(Cl)c1.Cc1cccc(C(C)N)c1. The Balaban J connectivity index is 0.000000211. The lowest BCUT2D eigenvalue weighted by Gasteiger charge is -2.05. The fourth-order valence-corrected chi connectivity index (χ4v) is 2.06. The summed E-state index contributed by atoms with van der Waals surface area (Å²) in [5.41, 5.74) is 14.8. The summed E-state index contributed by atoms with van der Waals surface area (Å²) in [6.07, 6.45) is 0. The Labute approximate surface area is 137 Å². The Morgan fingerprint density at radius 3 is 1.81 bits per heavy atom. The number of rotatable bonds is 2. The highest BCUT2D eigenvalue weighted by Gasteiger charge is 2.02. The number of nitrogens with two attached hydrogens (primary N) is 2. The third-order valence-electron chi connectivity index (χ3n) is 3.04. The first-order valence-corrected chi connectivity index (χ1v) is 7.59. The van der Waals surface area contributed by atoms with Gasteiger partial charge < -0.3 is 11.5 Å². The van der Waals surface area contributed by atoms with Gasteiger partial charge in [-0.3, -0.25) is 0 Å². The van der Waals surface area contributed by atoms with E-state index in [1.165, 1.54) is 11.1 Å². The van der Waals surface area contributed by atoms with Crippen molar-refractivity contribution in [2.45, 2.75) is 32.9 Å². The van der Waals surface area contributed by atoms with Crippen molar-refractivity contribution < 1.29 is 0 Å². The van der Waals surface area contributed by atoms with E-state index in [-0.39, 0.29) is 12.1 Å². The van der Waals surface area contributed by atoms with E-state index in [9.17, 15) is 0 Å². The fraction of sp³-hybridized carbons (Fsp3) is 0.294. The summed E-state index contributed by atoms with van der Waals surface area (Å²) in [4.78, 5) is 0. The maximum Gasteiger partial charge on any atom is 0.0595 e. The molecule has 0 fully saturated rings. The first kappa shape index (κ1) is 18.0. The second-order valence-corrected chi connectivity index (χ2v) is 5.98. The van der Waals surface area contributed by atoms with Gasteiger partial charge in [-0.15, -0.1) is 0 Å². The molecule has 0 spiro atoms. The largest absolute Gasteiger partial charge is 0.324 e. The van der Waals surface area contributed by atoms with Crippen LogP contribution < -0.4 is 11.5 Å².